The van der Waals surface area contributed by atoms with Crippen LogP contribution in [0.25, 0.3) is 10.6 Å². The monoisotopic (exact) mass is 430 g/mol. The number of amides is 1. The Morgan fingerprint density at radius 3 is 2.62 bits per heavy atom. The minimum Gasteiger partial charge on any atom is -0.493 e. The van der Waals surface area contributed by atoms with Gasteiger partial charge in [0.2, 0.25) is 0 Å². The predicted molar refractivity (Wildman–Crippen MR) is 117 cm³/mol. The fraction of sp³-hybridized carbons (Fsp3) is 0.273. The van der Waals surface area contributed by atoms with Gasteiger partial charge in [0.25, 0.3) is 5.91 Å². The third-order valence-corrected chi connectivity index (χ3v) is 5.27. The molecular weight excluding hydrogens is 408 g/mol. The number of rotatable bonds is 8. The van der Waals surface area contributed by atoms with Crippen molar-refractivity contribution in [3.05, 3.63) is 64.1 Å². The maximum absolute atomic E-state index is 12.2. The molecule has 5 nitrogen and oxygen atoms in total. The van der Waals surface area contributed by atoms with Crippen LogP contribution in [0.5, 0.6) is 11.5 Å². The van der Waals surface area contributed by atoms with Crippen LogP contribution in [0, 0.1) is 5.92 Å². The molecule has 0 saturated heterocycles. The molecular formula is C22H23ClN2O3S. The van der Waals surface area contributed by atoms with E-state index in [1.807, 2.05) is 42.5 Å². The molecule has 0 atom stereocenters. The summed E-state index contributed by atoms with van der Waals surface area (Å²) in [6.07, 6.45) is 0. The Morgan fingerprint density at radius 1 is 1.17 bits per heavy atom. The van der Waals surface area contributed by atoms with Gasteiger partial charge in [-0.15, -0.1) is 11.3 Å². The molecule has 0 aliphatic heterocycles. The summed E-state index contributed by atoms with van der Waals surface area (Å²) < 4.78 is 11.4. The van der Waals surface area contributed by atoms with Gasteiger partial charge in [-0.3, -0.25) is 4.79 Å². The maximum Gasteiger partial charge on any atom is 0.270 e. The van der Waals surface area contributed by atoms with Crippen molar-refractivity contribution < 1.29 is 14.3 Å². The molecule has 0 fully saturated rings. The van der Waals surface area contributed by atoms with Gasteiger partial charge in [0.1, 0.15) is 17.3 Å². The molecule has 29 heavy (non-hydrogen) atoms. The van der Waals surface area contributed by atoms with E-state index in [1.54, 1.807) is 12.5 Å². The van der Waals surface area contributed by atoms with Gasteiger partial charge in [0, 0.05) is 22.5 Å². The topological polar surface area (TPSA) is 60.5 Å². The van der Waals surface area contributed by atoms with Crippen LogP contribution >= 0.6 is 22.9 Å². The molecule has 0 radical (unpaired) electrons. The number of carbonyl (C=O) groups is 1. The number of carbonyl (C=O) groups excluding carboxylic acids is 1. The maximum atomic E-state index is 12.2. The van der Waals surface area contributed by atoms with Crippen molar-refractivity contribution in [1.82, 2.24) is 10.3 Å². The number of ether oxygens (including phenoxy) is 2. The number of methoxy groups -OCH3 is 1. The lowest BCUT2D eigenvalue weighted by atomic mass is 10.2. The molecule has 1 amide bonds. The molecule has 3 rings (SSSR count). The molecule has 0 spiro atoms. The van der Waals surface area contributed by atoms with E-state index < -0.39 is 0 Å². The van der Waals surface area contributed by atoms with Crippen LogP contribution in [0.2, 0.25) is 5.02 Å². The zero-order valence-corrected chi connectivity index (χ0v) is 18.1. The minimum atomic E-state index is -0.156. The summed E-state index contributed by atoms with van der Waals surface area (Å²) in [5, 5.41) is 6.09. The van der Waals surface area contributed by atoms with Crippen LogP contribution in [0.4, 0.5) is 0 Å². The number of aromatic nitrogens is 1. The summed E-state index contributed by atoms with van der Waals surface area (Å²) in [5.41, 5.74) is 2.30. The Hall–Kier alpha value is -2.57. The molecule has 3 aromatic rings. The van der Waals surface area contributed by atoms with E-state index in [0.29, 0.717) is 41.3 Å². The number of hydrogen-bond acceptors (Lipinski definition) is 5. The molecule has 0 aliphatic rings. The van der Waals surface area contributed by atoms with Gasteiger partial charge in [0.05, 0.1) is 7.11 Å². The van der Waals surface area contributed by atoms with E-state index >= 15 is 0 Å². The number of thiazole rings is 1. The van der Waals surface area contributed by atoms with Crippen molar-refractivity contribution in [2.45, 2.75) is 20.5 Å². The first-order valence-electron chi connectivity index (χ1n) is 9.25. The lowest BCUT2D eigenvalue weighted by Crippen LogP contribution is -2.27. The highest BCUT2D eigenvalue weighted by Gasteiger charge is 2.14. The number of hydrogen-bond donors (Lipinski definition) is 1. The second-order valence-corrected chi connectivity index (χ2v) is 8.22. The number of nitrogens with one attached hydrogen (secondary N) is 1. The highest BCUT2D eigenvalue weighted by Crippen LogP contribution is 2.34. The SMILES string of the molecule is COc1cc(-c2nc(C(=O)NCC(C)C)cs2)ccc1OCc1ccc(Cl)cc1. The van der Waals surface area contributed by atoms with Gasteiger partial charge < -0.3 is 14.8 Å². The normalized spacial score (nSPS) is 10.8. The summed E-state index contributed by atoms with van der Waals surface area (Å²) >= 11 is 7.33. The van der Waals surface area contributed by atoms with Crippen molar-refractivity contribution in [3.63, 3.8) is 0 Å². The Balaban J connectivity index is 1.71. The molecule has 152 valence electrons. The lowest BCUT2D eigenvalue weighted by Gasteiger charge is -2.12. The number of benzene rings is 2. The summed E-state index contributed by atoms with van der Waals surface area (Å²) in [6.45, 7) is 5.13. The Bertz CT molecular complexity index is 970. The number of halogens is 1. The van der Waals surface area contributed by atoms with E-state index in [9.17, 15) is 4.79 Å². The summed E-state index contributed by atoms with van der Waals surface area (Å²) in [7, 11) is 1.60. The highest BCUT2D eigenvalue weighted by atomic mass is 35.5. The zero-order valence-electron chi connectivity index (χ0n) is 16.6. The highest BCUT2D eigenvalue weighted by molar-refractivity contribution is 7.13. The quantitative estimate of drug-likeness (QED) is 0.517. The second kappa shape index (κ2) is 9.76. The summed E-state index contributed by atoms with van der Waals surface area (Å²) in [4.78, 5) is 16.7. The van der Waals surface area contributed by atoms with Gasteiger partial charge >= 0.3 is 0 Å². The molecule has 0 unspecified atom stereocenters. The summed E-state index contributed by atoms with van der Waals surface area (Å²) in [5.74, 6) is 1.48. The molecule has 2 aromatic carbocycles. The first-order valence-corrected chi connectivity index (χ1v) is 10.5. The predicted octanol–water partition coefficient (Wildman–Crippen LogP) is 5.44. The molecule has 1 aromatic heterocycles. The van der Waals surface area contributed by atoms with Gasteiger partial charge in [0.15, 0.2) is 11.5 Å². The van der Waals surface area contributed by atoms with Crippen molar-refractivity contribution in [2.75, 3.05) is 13.7 Å². The third-order valence-electron chi connectivity index (χ3n) is 4.13. The van der Waals surface area contributed by atoms with Crippen LogP contribution in [-0.2, 0) is 6.61 Å². The number of nitrogens with zero attached hydrogens (tertiary/aromatic N) is 1. The van der Waals surface area contributed by atoms with Crippen LogP contribution in [0.15, 0.2) is 47.8 Å². The van der Waals surface area contributed by atoms with Crippen LogP contribution in [0.1, 0.15) is 29.9 Å². The van der Waals surface area contributed by atoms with E-state index in [0.717, 1.165) is 16.1 Å². The smallest absolute Gasteiger partial charge is 0.270 e. The van der Waals surface area contributed by atoms with E-state index in [2.05, 4.69) is 24.1 Å². The van der Waals surface area contributed by atoms with Crippen LogP contribution in [-0.4, -0.2) is 24.5 Å². The van der Waals surface area contributed by atoms with Crippen molar-refractivity contribution in [3.8, 4) is 22.1 Å². The molecule has 1 N–H and O–H groups in total. The zero-order chi connectivity index (χ0) is 20.8. The van der Waals surface area contributed by atoms with Gasteiger partial charge in [-0.25, -0.2) is 4.98 Å². The second-order valence-electron chi connectivity index (χ2n) is 6.92. The molecule has 0 bridgehead atoms. The van der Waals surface area contributed by atoms with Crippen LogP contribution < -0.4 is 14.8 Å². The van der Waals surface area contributed by atoms with Gasteiger partial charge in [-0.05, 0) is 41.8 Å². The summed E-state index contributed by atoms with van der Waals surface area (Å²) in [6, 6.07) is 13.1. The average molecular weight is 431 g/mol. The van der Waals surface area contributed by atoms with E-state index in [1.165, 1.54) is 11.3 Å². The van der Waals surface area contributed by atoms with Crippen molar-refractivity contribution in [2.24, 2.45) is 5.92 Å². The van der Waals surface area contributed by atoms with Gasteiger partial charge in [-0.1, -0.05) is 37.6 Å². The van der Waals surface area contributed by atoms with E-state index in [4.69, 9.17) is 21.1 Å². The lowest BCUT2D eigenvalue weighted by molar-refractivity contribution is 0.0945. The van der Waals surface area contributed by atoms with Crippen molar-refractivity contribution >= 4 is 28.8 Å². The first-order chi connectivity index (χ1) is 14.0. The first kappa shape index (κ1) is 21.1. The average Bonchev–Trinajstić information content (AvgIpc) is 3.22. The standard InChI is InChI=1S/C22H23ClN2O3S/c1-14(2)11-24-21(26)18-13-29-22(25-18)16-6-9-19(20(10-16)27-3)28-12-15-4-7-17(23)8-5-15/h4-10,13-14H,11-12H2,1-3H3,(H,24,26). The van der Waals surface area contributed by atoms with E-state index in [-0.39, 0.29) is 5.91 Å². The van der Waals surface area contributed by atoms with Gasteiger partial charge in [-0.2, -0.15) is 0 Å². The van der Waals surface area contributed by atoms with Crippen molar-refractivity contribution in [1.29, 1.82) is 0 Å². The third kappa shape index (κ3) is 5.71. The Labute approximate surface area is 179 Å². The molecule has 7 heteroatoms. The Kier molecular flexibility index (Phi) is 7.12. The minimum absolute atomic E-state index is 0.156. The molecule has 0 saturated carbocycles. The van der Waals surface area contributed by atoms with Crippen LogP contribution in [0.3, 0.4) is 0 Å². The molecule has 1 heterocycles. The molecule has 0 aliphatic carbocycles. The fourth-order valence-corrected chi connectivity index (χ4v) is 3.48. The fourth-order valence-electron chi connectivity index (χ4n) is 2.56. The largest absolute Gasteiger partial charge is 0.493 e. The Morgan fingerprint density at radius 2 is 1.93 bits per heavy atom.